The number of fused-ring (bicyclic) bond motifs is 1. The lowest BCUT2D eigenvalue weighted by Crippen LogP contribution is -2.39. The summed E-state index contributed by atoms with van der Waals surface area (Å²) in [5, 5.41) is 3.00. The highest BCUT2D eigenvalue weighted by molar-refractivity contribution is 5.96. The van der Waals surface area contributed by atoms with E-state index in [9.17, 15) is 9.59 Å². The van der Waals surface area contributed by atoms with Crippen LogP contribution >= 0.6 is 0 Å². The van der Waals surface area contributed by atoms with Gasteiger partial charge in [-0.25, -0.2) is 0 Å². The Bertz CT molecular complexity index is 1060. The van der Waals surface area contributed by atoms with Gasteiger partial charge in [-0.2, -0.15) is 0 Å². The van der Waals surface area contributed by atoms with E-state index in [0.717, 1.165) is 5.56 Å². The summed E-state index contributed by atoms with van der Waals surface area (Å²) in [6.45, 7) is 4.61. The zero-order chi connectivity index (χ0) is 24.4. The summed E-state index contributed by atoms with van der Waals surface area (Å²) in [6, 6.07) is 8.79. The number of hydrogen-bond acceptors (Lipinski definition) is 7. The molecule has 4 rings (SSSR count). The first kappa shape index (κ1) is 23.5. The maximum Gasteiger partial charge on any atom is 0.254 e. The number of amides is 2. The summed E-state index contributed by atoms with van der Waals surface area (Å²) in [5.41, 5.74) is 1.32. The van der Waals surface area contributed by atoms with Crippen molar-refractivity contribution in [2.24, 2.45) is 5.92 Å². The molecule has 0 aliphatic carbocycles. The lowest BCUT2D eigenvalue weighted by atomic mass is 9.87. The molecular formula is C25H30N2O7. The number of carbonyl (C=O) groups excluding carboxylic acids is 2. The predicted octanol–water partition coefficient (Wildman–Crippen LogP) is 2.82. The largest absolute Gasteiger partial charge is 0.493 e. The Hall–Kier alpha value is -3.62. The molecule has 0 radical (unpaired) electrons. The van der Waals surface area contributed by atoms with Gasteiger partial charge in [0.1, 0.15) is 0 Å². The molecule has 2 aromatic rings. The van der Waals surface area contributed by atoms with Crippen molar-refractivity contribution in [2.75, 3.05) is 41.2 Å². The summed E-state index contributed by atoms with van der Waals surface area (Å²) in [7, 11) is 4.64. The molecule has 1 saturated heterocycles. The van der Waals surface area contributed by atoms with Crippen LogP contribution in [-0.2, 0) is 4.79 Å². The maximum absolute atomic E-state index is 13.4. The highest BCUT2D eigenvalue weighted by atomic mass is 16.7. The SMILES string of the molecule is COc1cc([C@@H]2CN(C(=O)c3ccc4c(c3)OCO4)C[C@@H]2C(=O)NC(C)C)cc(OC)c1OC. The van der Waals surface area contributed by atoms with Gasteiger partial charge in [0.25, 0.3) is 5.91 Å². The molecule has 2 amide bonds. The van der Waals surface area contributed by atoms with Gasteiger partial charge in [0, 0.05) is 30.6 Å². The minimum Gasteiger partial charge on any atom is -0.493 e. The normalized spacial score (nSPS) is 18.7. The zero-order valence-corrected chi connectivity index (χ0v) is 20.0. The standard InChI is InChI=1S/C25H30N2O7/c1-14(2)26-24(28)18-12-27(25(29)15-6-7-19-20(8-15)34-13-33-19)11-17(18)16-9-21(30-3)23(32-5)22(10-16)31-4/h6-10,14,17-18H,11-13H2,1-5H3,(H,26,28)/t17-,18-/m0/s1. The van der Waals surface area contributed by atoms with Gasteiger partial charge in [0.05, 0.1) is 27.2 Å². The van der Waals surface area contributed by atoms with Crippen molar-refractivity contribution in [3.05, 3.63) is 41.5 Å². The van der Waals surface area contributed by atoms with Crippen LogP contribution in [0.3, 0.4) is 0 Å². The van der Waals surface area contributed by atoms with E-state index in [1.807, 2.05) is 26.0 Å². The highest BCUT2D eigenvalue weighted by Gasteiger charge is 2.41. The Labute approximate surface area is 198 Å². The summed E-state index contributed by atoms with van der Waals surface area (Å²) < 4.78 is 27.2. The third kappa shape index (κ3) is 4.42. The lowest BCUT2D eigenvalue weighted by molar-refractivity contribution is -0.125. The van der Waals surface area contributed by atoms with Gasteiger partial charge in [-0.15, -0.1) is 0 Å². The molecule has 2 aromatic carbocycles. The number of hydrogen-bond donors (Lipinski definition) is 1. The van der Waals surface area contributed by atoms with E-state index in [1.54, 1.807) is 44.4 Å². The molecule has 0 spiro atoms. The fourth-order valence-corrected chi connectivity index (χ4v) is 4.49. The second-order valence-corrected chi connectivity index (χ2v) is 8.61. The van der Waals surface area contributed by atoms with E-state index in [4.69, 9.17) is 23.7 Å². The van der Waals surface area contributed by atoms with Crippen LogP contribution in [-0.4, -0.2) is 64.0 Å². The van der Waals surface area contributed by atoms with Gasteiger partial charge in [-0.1, -0.05) is 0 Å². The average Bonchev–Trinajstić information content (AvgIpc) is 3.49. The Morgan fingerprint density at radius 3 is 2.26 bits per heavy atom. The monoisotopic (exact) mass is 470 g/mol. The van der Waals surface area contributed by atoms with Crippen LogP contribution in [0, 0.1) is 5.92 Å². The van der Waals surface area contributed by atoms with E-state index in [2.05, 4.69) is 5.32 Å². The summed E-state index contributed by atoms with van der Waals surface area (Å²) in [4.78, 5) is 28.3. The molecule has 2 aliphatic heterocycles. The Morgan fingerprint density at radius 2 is 1.65 bits per heavy atom. The molecule has 9 nitrogen and oxygen atoms in total. The molecule has 0 saturated carbocycles. The van der Waals surface area contributed by atoms with E-state index >= 15 is 0 Å². The molecule has 9 heteroatoms. The first-order valence-corrected chi connectivity index (χ1v) is 11.2. The predicted molar refractivity (Wildman–Crippen MR) is 124 cm³/mol. The molecular weight excluding hydrogens is 440 g/mol. The number of benzene rings is 2. The van der Waals surface area contributed by atoms with E-state index in [1.165, 1.54) is 0 Å². The van der Waals surface area contributed by atoms with Crippen molar-refractivity contribution >= 4 is 11.8 Å². The highest BCUT2D eigenvalue weighted by Crippen LogP contribution is 2.43. The van der Waals surface area contributed by atoms with Crippen molar-refractivity contribution in [2.45, 2.75) is 25.8 Å². The van der Waals surface area contributed by atoms with Crippen LogP contribution < -0.4 is 29.0 Å². The van der Waals surface area contributed by atoms with Crippen LogP contribution in [0.5, 0.6) is 28.7 Å². The number of nitrogens with zero attached hydrogens (tertiary/aromatic N) is 1. The third-order valence-electron chi connectivity index (χ3n) is 6.11. The topological polar surface area (TPSA) is 95.6 Å². The molecule has 0 aromatic heterocycles. The number of nitrogens with one attached hydrogen (secondary N) is 1. The summed E-state index contributed by atoms with van der Waals surface area (Å²) in [6.07, 6.45) is 0. The van der Waals surface area contributed by atoms with Crippen molar-refractivity contribution < 1.29 is 33.3 Å². The Balaban J connectivity index is 1.67. The molecule has 1 N–H and O–H groups in total. The average molecular weight is 471 g/mol. The first-order valence-electron chi connectivity index (χ1n) is 11.2. The summed E-state index contributed by atoms with van der Waals surface area (Å²) in [5.74, 6) is 1.66. The van der Waals surface area contributed by atoms with Gasteiger partial charge >= 0.3 is 0 Å². The minimum absolute atomic E-state index is 0.0216. The van der Waals surface area contributed by atoms with Crippen molar-refractivity contribution in [1.29, 1.82) is 0 Å². The van der Waals surface area contributed by atoms with Crippen molar-refractivity contribution in [1.82, 2.24) is 10.2 Å². The van der Waals surface area contributed by atoms with Crippen LogP contribution in [0.15, 0.2) is 30.3 Å². The summed E-state index contributed by atoms with van der Waals surface area (Å²) >= 11 is 0. The van der Waals surface area contributed by atoms with Crippen LogP contribution in [0.25, 0.3) is 0 Å². The number of ether oxygens (including phenoxy) is 5. The van der Waals surface area contributed by atoms with Crippen LogP contribution in [0.1, 0.15) is 35.7 Å². The number of rotatable bonds is 7. The number of carbonyl (C=O) groups is 2. The number of likely N-dealkylation sites (tertiary alicyclic amines) is 1. The van der Waals surface area contributed by atoms with Crippen LogP contribution in [0.2, 0.25) is 0 Å². The molecule has 0 bridgehead atoms. The van der Waals surface area contributed by atoms with Gasteiger partial charge in [0.2, 0.25) is 18.4 Å². The quantitative estimate of drug-likeness (QED) is 0.665. The lowest BCUT2D eigenvalue weighted by Gasteiger charge is -2.21. The van der Waals surface area contributed by atoms with E-state index in [0.29, 0.717) is 40.9 Å². The molecule has 34 heavy (non-hydrogen) atoms. The van der Waals surface area contributed by atoms with Crippen molar-refractivity contribution in [3.8, 4) is 28.7 Å². The van der Waals surface area contributed by atoms with E-state index in [-0.39, 0.29) is 37.1 Å². The third-order valence-corrected chi connectivity index (χ3v) is 6.11. The fourth-order valence-electron chi connectivity index (χ4n) is 4.49. The Morgan fingerprint density at radius 1 is 0.971 bits per heavy atom. The first-order chi connectivity index (χ1) is 16.4. The molecule has 1 fully saturated rings. The molecule has 182 valence electrons. The van der Waals surface area contributed by atoms with Gasteiger partial charge in [-0.05, 0) is 49.7 Å². The zero-order valence-electron chi connectivity index (χ0n) is 20.0. The van der Waals surface area contributed by atoms with Crippen molar-refractivity contribution in [3.63, 3.8) is 0 Å². The molecule has 0 unspecified atom stereocenters. The molecule has 2 atom stereocenters. The van der Waals surface area contributed by atoms with Gasteiger partial charge in [-0.3, -0.25) is 9.59 Å². The molecule has 2 aliphatic rings. The second kappa shape index (κ2) is 9.70. The van der Waals surface area contributed by atoms with Crippen LogP contribution in [0.4, 0.5) is 0 Å². The number of methoxy groups -OCH3 is 3. The fraction of sp³-hybridized carbons (Fsp3) is 0.440. The second-order valence-electron chi connectivity index (χ2n) is 8.61. The molecule has 2 heterocycles. The maximum atomic E-state index is 13.4. The smallest absolute Gasteiger partial charge is 0.254 e. The van der Waals surface area contributed by atoms with Gasteiger partial charge < -0.3 is 33.9 Å². The minimum atomic E-state index is -0.442. The Kier molecular flexibility index (Phi) is 6.72. The van der Waals surface area contributed by atoms with E-state index < -0.39 is 5.92 Å². The van der Waals surface area contributed by atoms with Gasteiger partial charge in [0.15, 0.2) is 23.0 Å².